The van der Waals surface area contributed by atoms with Crippen LogP contribution in [0.1, 0.15) is 26.2 Å². The Kier molecular flexibility index (Phi) is 6.69. The predicted molar refractivity (Wildman–Crippen MR) is 97.8 cm³/mol. The van der Waals surface area contributed by atoms with Crippen LogP contribution in [0.25, 0.3) is 0 Å². The standard InChI is InChI=1S/C18H25NO7S/c1-12-14(18(21)22)5-4-9-19(12)17(20)8-10-27(23,24)13-6-7-15(25-2)16(11-13)26-3/h6-7,11-12,14H,4-5,8-10H2,1-3H3,(H,21,22)/t12-,14-/m0/s1. The van der Waals surface area contributed by atoms with Crippen molar-refractivity contribution in [1.82, 2.24) is 4.90 Å². The number of benzene rings is 1. The van der Waals surface area contributed by atoms with Gasteiger partial charge in [0.05, 0.1) is 30.8 Å². The third-order valence-corrected chi connectivity index (χ3v) is 6.64. The van der Waals surface area contributed by atoms with E-state index in [1.807, 2.05) is 0 Å². The highest BCUT2D eigenvalue weighted by molar-refractivity contribution is 7.91. The highest BCUT2D eigenvalue weighted by atomic mass is 32.2. The molecule has 1 fully saturated rings. The number of ether oxygens (including phenoxy) is 2. The van der Waals surface area contributed by atoms with Gasteiger partial charge >= 0.3 is 5.97 Å². The van der Waals surface area contributed by atoms with Gasteiger partial charge in [0.2, 0.25) is 5.91 Å². The first-order chi connectivity index (χ1) is 12.7. The Labute approximate surface area is 159 Å². The molecule has 2 rings (SSSR count). The van der Waals surface area contributed by atoms with Gasteiger partial charge in [0.15, 0.2) is 21.3 Å². The topological polar surface area (TPSA) is 110 Å². The number of sulfone groups is 1. The maximum absolute atomic E-state index is 12.6. The van der Waals surface area contributed by atoms with Crippen molar-refractivity contribution in [3.8, 4) is 11.5 Å². The average molecular weight is 399 g/mol. The first-order valence-corrected chi connectivity index (χ1v) is 10.3. The summed E-state index contributed by atoms with van der Waals surface area (Å²) in [6.07, 6.45) is 0.910. The van der Waals surface area contributed by atoms with Crippen LogP contribution in [0.3, 0.4) is 0 Å². The van der Waals surface area contributed by atoms with Gasteiger partial charge in [0.1, 0.15) is 0 Å². The van der Waals surface area contributed by atoms with Crippen LogP contribution in [0.2, 0.25) is 0 Å². The summed E-state index contributed by atoms with van der Waals surface area (Å²) in [7, 11) is -0.834. The number of methoxy groups -OCH3 is 2. The van der Waals surface area contributed by atoms with Gasteiger partial charge in [-0.3, -0.25) is 9.59 Å². The molecule has 9 heteroatoms. The van der Waals surface area contributed by atoms with Crippen molar-refractivity contribution < 1.29 is 32.6 Å². The molecule has 0 aromatic heterocycles. The fraction of sp³-hybridized carbons (Fsp3) is 0.556. The van der Waals surface area contributed by atoms with Gasteiger partial charge in [-0.05, 0) is 31.9 Å². The predicted octanol–water partition coefficient (Wildman–Crippen LogP) is 1.58. The summed E-state index contributed by atoms with van der Waals surface area (Å²) < 4.78 is 35.4. The Morgan fingerprint density at radius 1 is 1.22 bits per heavy atom. The molecule has 1 amide bonds. The van der Waals surface area contributed by atoms with Gasteiger partial charge in [-0.2, -0.15) is 0 Å². The van der Waals surface area contributed by atoms with Crippen LogP contribution in [0, 0.1) is 5.92 Å². The van der Waals surface area contributed by atoms with Crippen LogP contribution in [0.15, 0.2) is 23.1 Å². The van der Waals surface area contributed by atoms with Gasteiger partial charge in [-0.25, -0.2) is 8.42 Å². The fourth-order valence-corrected chi connectivity index (χ4v) is 4.56. The lowest BCUT2D eigenvalue weighted by atomic mass is 9.90. The molecule has 0 bridgehead atoms. The summed E-state index contributed by atoms with van der Waals surface area (Å²) in [4.78, 5) is 25.3. The first kappa shape index (κ1) is 21.0. The molecule has 1 aliphatic rings. The third-order valence-electron chi connectivity index (χ3n) is 4.92. The van der Waals surface area contributed by atoms with Crippen molar-refractivity contribution in [2.24, 2.45) is 5.92 Å². The van der Waals surface area contributed by atoms with Crippen molar-refractivity contribution in [2.45, 2.75) is 37.1 Å². The lowest BCUT2D eigenvalue weighted by Gasteiger charge is -2.37. The van der Waals surface area contributed by atoms with E-state index in [1.54, 1.807) is 6.92 Å². The first-order valence-electron chi connectivity index (χ1n) is 8.68. The quantitative estimate of drug-likeness (QED) is 0.741. The number of carboxylic acid groups (broad SMARTS) is 1. The molecule has 0 aliphatic carbocycles. The Morgan fingerprint density at radius 3 is 2.48 bits per heavy atom. The molecule has 27 heavy (non-hydrogen) atoms. The van der Waals surface area contributed by atoms with Gasteiger partial charge in [-0.15, -0.1) is 0 Å². The Bertz CT molecular complexity index is 806. The van der Waals surface area contributed by atoms with E-state index < -0.39 is 27.8 Å². The highest BCUT2D eigenvalue weighted by Gasteiger charge is 2.35. The normalized spacial score (nSPS) is 20.2. The number of likely N-dealkylation sites (tertiary alicyclic amines) is 1. The number of carboxylic acids is 1. The molecule has 1 aromatic rings. The minimum absolute atomic E-state index is 0.0445. The summed E-state index contributed by atoms with van der Waals surface area (Å²) >= 11 is 0. The summed E-state index contributed by atoms with van der Waals surface area (Å²) in [5.41, 5.74) is 0. The number of carbonyl (C=O) groups excluding carboxylic acids is 1. The molecular weight excluding hydrogens is 374 g/mol. The number of aliphatic carboxylic acids is 1. The number of carbonyl (C=O) groups is 2. The van der Waals surface area contributed by atoms with E-state index in [0.29, 0.717) is 30.9 Å². The van der Waals surface area contributed by atoms with Crippen molar-refractivity contribution in [3.05, 3.63) is 18.2 Å². The number of piperidine rings is 1. The van der Waals surface area contributed by atoms with Gasteiger partial charge < -0.3 is 19.5 Å². The molecule has 0 saturated carbocycles. The zero-order valence-corrected chi connectivity index (χ0v) is 16.5. The number of hydrogen-bond acceptors (Lipinski definition) is 6. The maximum Gasteiger partial charge on any atom is 0.308 e. The fourth-order valence-electron chi connectivity index (χ4n) is 3.32. The molecule has 1 aliphatic heterocycles. The lowest BCUT2D eigenvalue weighted by molar-refractivity contribution is -0.149. The average Bonchev–Trinajstić information content (AvgIpc) is 2.65. The Balaban J connectivity index is 2.08. The van der Waals surface area contributed by atoms with Crippen LogP contribution < -0.4 is 9.47 Å². The van der Waals surface area contributed by atoms with Crippen LogP contribution in [0.5, 0.6) is 11.5 Å². The Morgan fingerprint density at radius 2 is 1.89 bits per heavy atom. The van der Waals surface area contributed by atoms with E-state index in [1.165, 1.54) is 37.3 Å². The van der Waals surface area contributed by atoms with Crippen LogP contribution in [-0.4, -0.2) is 62.9 Å². The summed E-state index contributed by atoms with van der Waals surface area (Å²) in [6, 6.07) is 3.82. The molecule has 1 heterocycles. The third kappa shape index (κ3) is 4.71. The van der Waals surface area contributed by atoms with E-state index in [4.69, 9.17) is 9.47 Å². The smallest absolute Gasteiger partial charge is 0.308 e. The van der Waals surface area contributed by atoms with E-state index in [9.17, 15) is 23.1 Å². The summed E-state index contributed by atoms with van der Waals surface area (Å²) in [6.45, 7) is 2.14. The van der Waals surface area contributed by atoms with Gasteiger partial charge in [0.25, 0.3) is 0 Å². The lowest BCUT2D eigenvalue weighted by Crippen LogP contribution is -2.49. The molecule has 0 radical (unpaired) electrons. The maximum atomic E-state index is 12.6. The summed E-state index contributed by atoms with van der Waals surface area (Å²) in [5, 5.41) is 9.25. The SMILES string of the molecule is COc1ccc(S(=O)(=O)CCC(=O)N2CCC[C@H](C(=O)O)[C@@H]2C)cc1OC. The molecular formula is C18H25NO7S. The number of nitrogens with zero attached hydrogens (tertiary/aromatic N) is 1. The second-order valence-electron chi connectivity index (χ2n) is 6.50. The number of amides is 1. The zero-order chi connectivity index (χ0) is 20.2. The van der Waals surface area contributed by atoms with E-state index in [2.05, 4.69) is 0 Å². The van der Waals surface area contributed by atoms with Crippen molar-refractivity contribution in [1.29, 1.82) is 0 Å². The monoisotopic (exact) mass is 399 g/mol. The van der Waals surface area contributed by atoms with Crippen LogP contribution in [-0.2, 0) is 19.4 Å². The van der Waals surface area contributed by atoms with Crippen molar-refractivity contribution in [3.63, 3.8) is 0 Å². The molecule has 0 spiro atoms. The van der Waals surface area contributed by atoms with Crippen LogP contribution >= 0.6 is 0 Å². The molecule has 8 nitrogen and oxygen atoms in total. The molecule has 1 saturated heterocycles. The minimum atomic E-state index is -3.70. The second-order valence-corrected chi connectivity index (χ2v) is 8.61. The molecule has 2 atom stereocenters. The van der Waals surface area contributed by atoms with E-state index in [-0.39, 0.29) is 23.0 Å². The number of rotatable bonds is 7. The summed E-state index contributed by atoms with van der Waals surface area (Å²) in [5.74, 6) is -1.56. The van der Waals surface area contributed by atoms with Gasteiger partial charge in [0, 0.05) is 25.1 Å². The van der Waals surface area contributed by atoms with E-state index in [0.717, 1.165) is 0 Å². The van der Waals surface area contributed by atoms with Crippen LogP contribution in [0.4, 0.5) is 0 Å². The molecule has 150 valence electrons. The molecule has 1 aromatic carbocycles. The van der Waals surface area contributed by atoms with Crippen molar-refractivity contribution >= 4 is 21.7 Å². The molecule has 1 N–H and O–H groups in total. The molecule has 0 unspecified atom stereocenters. The van der Waals surface area contributed by atoms with Crippen molar-refractivity contribution in [2.75, 3.05) is 26.5 Å². The minimum Gasteiger partial charge on any atom is -0.493 e. The zero-order valence-electron chi connectivity index (χ0n) is 15.7. The Hall–Kier alpha value is -2.29. The largest absolute Gasteiger partial charge is 0.493 e. The second kappa shape index (κ2) is 8.60. The highest BCUT2D eigenvalue weighted by Crippen LogP contribution is 2.30. The number of hydrogen-bond donors (Lipinski definition) is 1. The van der Waals surface area contributed by atoms with E-state index >= 15 is 0 Å². The van der Waals surface area contributed by atoms with Gasteiger partial charge in [-0.1, -0.05) is 0 Å².